The predicted molar refractivity (Wildman–Crippen MR) is 67.5 cm³/mol. The van der Waals surface area contributed by atoms with Crippen LogP contribution in [-0.2, 0) is 9.84 Å². The van der Waals surface area contributed by atoms with E-state index in [0.29, 0.717) is 13.1 Å². The van der Waals surface area contributed by atoms with Crippen LogP contribution in [0, 0.1) is 6.92 Å². The fraction of sp³-hybridized carbons (Fsp3) is 0.500. The highest BCUT2D eigenvalue weighted by Gasteiger charge is 2.22. The monoisotopic (exact) mass is 304 g/mol. The summed E-state index contributed by atoms with van der Waals surface area (Å²) in [5, 5.41) is 0. The van der Waals surface area contributed by atoms with Crippen LogP contribution in [0.4, 0.5) is 5.82 Å². The van der Waals surface area contributed by atoms with Crippen molar-refractivity contribution in [3.8, 4) is 0 Å². The molecule has 1 aromatic rings. The molecule has 2 rings (SSSR count). The highest BCUT2D eigenvalue weighted by atomic mass is 79.9. The molecule has 1 aromatic heterocycles. The lowest BCUT2D eigenvalue weighted by atomic mass is 10.3. The molecule has 0 atom stereocenters. The van der Waals surface area contributed by atoms with Gasteiger partial charge in [0.05, 0.1) is 11.5 Å². The molecule has 0 spiro atoms. The maximum absolute atomic E-state index is 11.3. The number of sulfone groups is 1. The van der Waals surface area contributed by atoms with Gasteiger partial charge in [0.15, 0.2) is 9.84 Å². The highest BCUT2D eigenvalue weighted by Crippen LogP contribution is 2.21. The molecule has 0 amide bonds. The van der Waals surface area contributed by atoms with E-state index in [4.69, 9.17) is 0 Å². The zero-order valence-electron chi connectivity index (χ0n) is 8.98. The zero-order valence-corrected chi connectivity index (χ0v) is 11.4. The summed E-state index contributed by atoms with van der Waals surface area (Å²) < 4.78 is 23.6. The summed E-state index contributed by atoms with van der Waals surface area (Å²) in [6, 6.07) is 1.97. The van der Waals surface area contributed by atoms with Gasteiger partial charge in [0.1, 0.15) is 5.82 Å². The minimum absolute atomic E-state index is 0.226. The van der Waals surface area contributed by atoms with Crippen molar-refractivity contribution in [2.45, 2.75) is 6.92 Å². The van der Waals surface area contributed by atoms with E-state index in [1.807, 2.05) is 17.9 Å². The van der Waals surface area contributed by atoms with Crippen molar-refractivity contribution in [1.29, 1.82) is 0 Å². The Morgan fingerprint density at radius 1 is 1.38 bits per heavy atom. The lowest BCUT2D eigenvalue weighted by Gasteiger charge is -2.27. The van der Waals surface area contributed by atoms with Crippen LogP contribution in [0.1, 0.15) is 5.56 Å². The first-order valence-corrected chi connectivity index (χ1v) is 7.67. The molecule has 0 unspecified atom stereocenters. The standard InChI is InChI=1S/C10H13BrN2O2S/c1-8-6-10(12-7-9(8)11)13-2-4-16(14,15)5-3-13/h6-7H,2-5H2,1H3. The van der Waals surface area contributed by atoms with Gasteiger partial charge in [-0.05, 0) is 34.5 Å². The molecule has 88 valence electrons. The van der Waals surface area contributed by atoms with Crippen molar-refractivity contribution in [2.75, 3.05) is 29.5 Å². The van der Waals surface area contributed by atoms with Crippen LogP contribution in [0.5, 0.6) is 0 Å². The first kappa shape index (κ1) is 11.9. The van der Waals surface area contributed by atoms with Crippen LogP contribution in [0.2, 0.25) is 0 Å². The molecule has 1 aliphatic rings. The lowest BCUT2D eigenvalue weighted by Crippen LogP contribution is -2.40. The van der Waals surface area contributed by atoms with Gasteiger partial charge in [-0.25, -0.2) is 13.4 Å². The first-order chi connectivity index (χ1) is 7.48. The molecular formula is C10H13BrN2O2S. The summed E-state index contributed by atoms with van der Waals surface area (Å²) in [5.74, 6) is 1.31. The number of aromatic nitrogens is 1. The minimum Gasteiger partial charge on any atom is -0.355 e. The van der Waals surface area contributed by atoms with Crippen LogP contribution in [-0.4, -0.2) is 38.0 Å². The summed E-state index contributed by atoms with van der Waals surface area (Å²) >= 11 is 3.39. The number of halogens is 1. The number of aryl methyl sites for hydroxylation is 1. The molecule has 0 aliphatic carbocycles. The number of nitrogens with zero attached hydrogens (tertiary/aromatic N) is 2. The largest absolute Gasteiger partial charge is 0.355 e. The van der Waals surface area contributed by atoms with Crippen molar-refractivity contribution in [1.82, 2.24) is 4.98 Å². The van der Waals surface area contributed by atoms with Crippen LogP contribution in [0.3, 0.4) is 0 Å². The quantitative estimate of drug-likeness (QED) is 0.787. The van der Waals surface area contributed by atoms with Gasteiger partial charge in [-0.3, -0.25) is 0 Å². The van der Waals surface area contributed by atoms with Gasteiger partial charge in [0.2, 0.25) is 0 Å². The van der Waals surface area contributed by atoms with E-state index in [1.54, 1.807) is 6.20 Å². The smallest absolute Gasteiger partial charge is 0.153 e. The van der Waals surface area contributed by atoms with E-state index < -0.39 is 9.84 Å². The fourth-order valence-electron chi connectivity index (χ4n) is 1.64. The predicted octanol–water partition coefficient (Wildman–Crippen LogP) is 1.39. The third kappa shape index (κ3) is 2.55. The summed E-state index contributed by atoms with van der Waals surface area (Å²) in [4.78, 5) is 6.31. The fourth-order valence-corrected chi connectivity index (χ4v) is 3.06. The van der Waals surface area contributed by atoms with Gasteiger partial charge in [0.25, 0.3) is 0 Å². The maximum Gasteiger partial charge on any atom is 0.153 e. The third-order valence-corrected chi connectivity index (χ3v) is 5.14. The van der Waals surface area contributed by atoms with Gasteiger partial charge in [0, 0.05) is 23.8 Å². The summed E-state index contributed by atoms with van der Waals surface area (Å²) in [7, 11) is -2.82. The van der Waals surface area contributed by atoms with Gasteiger partial charge >= 0.3 is 0 Å². The molecule has 0 N–H and O–H groups in total. The van der Waals surface area contributed by atoms with Crippen molar-refractivity contribution in [3.05, 3.63) is 22.3 Å². The molecule has 1 fully saturated rings. The molecule has 0 saturated carbocycles. The van der Waals surface area contributed by atoms with E-state index in [-0.39, 0.29) is 11.5 Å². The summed E-state index contributed by atoms with van der Waals surface area (Å²) in [6.07, 6.45) is 1.76. The second-order valence-corrected chi connectivity index (χ2v) is 7.09. The Hall–Kier alpha value is -0.620. The third-order valence-electron chi connectivity index (χ3n) is 2.70. The van der Waals surface area contributed by atoms with E-state index in [1.165, 1.54) is 0 Å². The van der Waals surface area contributed by atoms with Crippen LogP contribution in [0.25, 0.3) is 0 Å². The van der Waals surface area contributed by atoms with Crippen LogP contribution >= 0.6 is 15.9 Å². The van der Waals surface area contributed by atoms with Gasteiger partial charge < -0.3 is 4.90 Å². The van der Waals surface area contributed by atoms with Gasteiger partial charge in [-0.15, -0.1) is 0 Å². The average Bonchev–Trinajstić information content (AvgIpc) is 2.22. The van der Waals surface area contributed by atoms with E-state index >= 15 is 0 Å². The Bertz CT molecular complexity index is 488. The van der Waals surface area contributed by atoms with E-state index in [2.05, 4.69) is 20.9 Å². The summed E-state index contributed by atoms with van der Waals surface area (Å²) in [5.41, 5.74) is 1.11. The number of anilines is 1. The molecule has 1 aliphatic heterocycles. The Kier molecular flexibility index (Phi) is 3.21. The minimum atomic E-state index is -2.82. The van der Waals surface area contributed by atoms with E-state index in [9.17, 15) is 8.42 Å². The zero-order chi connectivity index (χ0) is 11.8. The number of rotatable bonds is 1. The maximum atomic E-state index is 11.3. The lowest BCUT2D eigenvalue weighted by molar-refractivity contribution is 0.586. The van der Waals surface area contributed by atoms with Crippen molar-refractivity contribution < 1.29 is 8.42 Å². The Balaban J connectivity index is 2.17. The average molecular weight is 305 g/mol. The summed E-state index contributed by atoms with van der Waals surface area (Å²) in [6.45, 7) is 3.07. The van der Waals surface area contributed by atoms with Gasteiger partial charge in [-0.1, -0.05) is 0 Å². The topological polar surface area (TPSA) is 50.3 Å². The molecule has 4 nitrogen and oxygen atoms in total. The SMILES string of the molecule is Cc1cc(N2CCS(=O)(=O)CC2)ncc1Br. The molecule has 0 aromatic carbocycles. The number of hydrogen-bond donors (Lipinski definition) is 0. The second kappa shape index (κ2) is 4.33. The van der Waals surface area contributed by atoms with Crippen molar-refractivity contribution in [2.24, 2.45) is 0 Å². The first-order valence-electron chi connectivity index (χ1n) is 5.05. The molecule has 0 bridgehead atoms. The van der Waals surface area contributed by atoms with Crippen molar-refractivity contribution >= 4 is 31.6 Å². The van der Waals surface area contributed by atoms with Crippen LogP contribution < -0.4 is 4.90 Å². The Morgan fingerprint density at radius 2 is 2.00 bits per heavy atom. The second-order valence-electron chi connectivity index (χ2n) is 3.93. The molecular weight excluding hydrogens is 292 g/mol. The Labute approximate surface area is 104 Å². The molecule has 6 heteroatoms. The normalized spacial score (nSPS) is 19.8. The highest BCUT2D eigenvalue weighted by molar-refractivity contribution is 9.10. The van der Waals surface area contributed by atoms with Crippen LogP contribution in [0.15, 0.2) is 16.7 Å². The molecule has 1 saturated heterocycles. The molecule has 2 heterocycles. The number of hydrogen-bond acceptors (Lipinski definition) is 4. The molecule has 0 radical (unpaired) electrons. The molecule has 16 heavy (non-hydrogen) atoms. The van der Waals surface area contributed by atoms with Gasteiger partial charge in [-0.2, -0.15) is 0 Å². The number of pyridine rings is 1. The van der Waals surface area contributed by atoms with E-state index in [0.717, 1.165) is 15.9 Å². The Morgan fingerprint density at radius 3 is 2.56 bits per heavy atom. The van der Waals surface area contributed by atoms with Crippen molar-refractivity contribution in [3.63, 3.8) is 0 Å².